The number of hydrogen-bond acceptors (Lipinski definition) is 3. The largest absolute Gasteiger partial charge is 0.357 e. The molecular formula is C21H27N3OS2. The van der Waals surface area contributed by atoms with Gasteiger partial charge in [0.15, 0.2) is 5.96 Å². The molecule has 6 heteroatoms. The summed E-state index contributed by atoms with van der Waals surface area (Å²) in [6, 6.07) is 20.1. The molecule has 1 unspecified atom stereocenters. The van der Waals surface area contributed by atoms with Crippen LogP contribution in [-0.4, -0.2) is 40.3 Å². The molecule has 1 aliphatic rings. The minimum Gasteiger partial charge on any atom is -0.357 e. The molecule has 0 aliphatic heterocycles. The highest BCUT2D eigenvalue weighted by Crippen LogP contribution is 2.51. The molecule has 2 aromatic carbocycles. The number of hydrogen-bond donors (Lipinski definition) is 2. The minimum atomic E-state index is -0.988. The van der Waals surface area contributed by atoms with Crippen molar-refractivity contribution in [2.45, 2.75) is 34.3 Å². The number of guanidine groups is 1. The fourth-order valence-corrected chi connectivity index (χ4v) is 4.90. The zero-order valence-corrected chi connectivity index (χ0v) is 17.3. The Balaban J connectivity index is 1.50. The fraction of sp³-hybridized carbons (Fsp3) is 0.381. The molecule has 4 nitrogen and oxygen atoms in total. The van der Waals surface area contributed by atoms with Crippen LogP contribution in [0.3, 0.4) is 0 Å². The maximum absolute atomic E-state index is 12.3. The molecule has 0 bridgehead atoms. The Bertz CT molecular complexity index is 762. The van der Waals surface area contributed by atoms with Gasteiger partial charge in [-0.2, -0.15) is 0 Å². The number of benzene rings is 2. The van der Waals surface area contributed by atoms with Gasteiger partial charge < -0.3 is 10.6 Å². The quantitative estimate of drug-likeness (QED) is 0.497. The summed E-state index contributed by atoms with van der Waals surface area (Å²) in [5.74, 6) is 1.38. The molecule has 2 N–H and O–H groups in total. The van der Waals surface area contributed by atoms with Crippen LogP contribution >= 0.6 is 11.8 Å². The van der Waals surface area contributed by atoms with Gasteiger partial charge in [0.1, 0.15) is 0 Å². The molecule has 0 radical (unpaired) electrons. The van der Waals surface area contributed by atoms with Gasteiger partial charge in [-0.15, -0.1) is 11.8 Å². The van der Waals surface area contributed by atoms with Crippen molar-refractivity contribution < 1.29 is 4.21 Å². The molecular weight excluding hydrogens is 374 g/mol. The lowest BCUT2D eigenvalue weighted by Gasteiger charge is -2.15. The van der Waals surface area contributed by atoms with E-state index >= 15 is 0 Å². The first-order valence-corrected chi connectivity index (χ1v) is 11.5. The molecule has 2 aromatic rings. The van der Waals surface area contributed by atoms with Gasteiger partial charge in [-0.1, -0.05) is 36.4 Å². The first kappa shape index (κ1) is 20.0. The van der Waals surface area contributed by atoms with E-state index in [9.17, 15) is 4.21 Å². The molecule has 0 saturated heterocycles. The van der Waals surface area contributed by atoms with Gasteiger partial charge in [-0.25, -0.2) is 0 Å². The Labute approximate surface area is 168 Å². The van der Waals surface area contributed by atoms with Crippen molar-refractivity contribution in [2.75, 3.05) is 25.4 Å². The van der Waals surface area contributed by atoms with Crippen LogP contribution in [-0.2, 0) is 10.8 Å². The van der Waals surface area contributed by atoms with E-state index in [4.69, 9.17) is 4.99 Å². The van der Waals surface area contributed by atoms with Crippen LogP contribution in [0.25, 0.3) is 0 Å². The highest BCUT2D eigenvalue weighted by atomic mass is 32.2. The van der Waals surface area contributed by atoms with E-state index in [1.54, 1.807) is 0 Å². The number of aliphatic imine (C=N–C) groups is 1. The Morgan fingerprint density at radius 1 is 1.07 bits per heavy atom. The Hall–Kier alpha value is -1.79. The zero-order chi connectivity index (χ0) is 19.0. The van der Waals surface area contributed by atoms with Crippen LogP contribution in [0.1, 0.15) is 19.8 Å². The van der Waals surface area contributed by atoms with E-state index in [0.717, 1.165) is 23.9 Å². The van der Waals surface area contributed by atoms with Crippen molar-refractivity contribution in [1.29, 1.82) is 0 Å². The van der Waals surface area contributed by atoms with Gasteiger partial charge in [0.2, 0.25) is 0 Å². The molecule has 144 valence electrons. The zero-order valence-electron chi connectivity index (χ0n) is 15.7. The van der Waals surface area contributed by atoms with Crippen LogP contribution in [0.5, 0.6) is 0 Å². The van der Waals surface area contributed by atoms with Gasteiger partial charge in [-0.3, -0.25) is 9.20 Å². The molecule has 3 rings (SSSR count). The van der Waals surface area contributed by atoms with Gasteiger partial charge in [0.25, 0.3) is 0 Å². The highest BCUT2D eigenvalue weighted by Gasteiger charge is 2.43. The van der Waals surface area contributed by atoms with Crippen molar-refractivity contribution >= 4 is 28.5 Å². The van der Waals surface area contributed by atoms with Gasteiger partial charge in [0.05, 0.1) is 17.3 Å². The molecule has 1 aliphatic carbocycles. The van der Waals surface area contributed by atoms with E-state index in [1.165, 1.54) is 17.7 Å². The van der Waals surface area contributed by atoms with E-state index in [1.807, 2.05) is 48.2 Å². The van der Waals surface area contributed by atoms with E-state index < -0.39 is 10.8 Å². The normalized spacial score (nSPS) is 16.6. The lowest BCUT2D eigenvalue weighted by Crippen LogP contribution is -2.39. The fourth-order valence-electron chi connectivity index (χ4n) is 2.69. The lowest BCUT2D eigenvalue weighted by molar-refractivity contribution is 0.681. The maximum atomic E-state index is 12.3. The summed E-state index contributed by atoms with van der Waals surface area (Å²) in [4.78, 5) is 6.97. The van der Waals surface area contributed by atoms with E-state index in [0.29, 0.717) is 12.3 Å². The Kier molecular flexibility index (Phi) is 7.35. The molecule has 0 spiro atoms. The molecule has 1 atom stereocenters. The smallest absolute Gasteiger partial charge is 0.191 e. The summed E-state index contributed by atoms with van der Waals surface area (Å²) in [6.07, 6.45) is 2.40. The summed E-state index contributed by atoms with van der Waals surface area (Å²) in [6.45, 7) is 4.30. The molecule has 1 saturated carbocycles. The predicted octanol–water partition coefficient (Wildman–Crippen LogP) is 3.67. The summed E-state index contributed by atoms with van der Waals surface area (Å²) in [5.41, 5.74) is 0. The van der Waals surface area contributed by atoms with Crippen molar-refractivity contribution in [3.63, 3.8) is 0 Å². The molecule has 0 aromatic heterocycles. The molecule has 27 heavy (non-hydrogen) atoms. The summed E-state index contributed by atoms with van der Waals surface area (Å²) >= 11 is 1.93. The van der Waals surface area contributed by atoms with Crippen molar-refractivity contribution in [2.24, 2.45) is 4.99 Å². The Morgan fingerprint density at radius 3 is 2.37 bits per heavy atom. The minimum absolute atomic E-state index is 0.233. The van der Waals surface area contributed by atoms with Crippen LogP contribution in [0.2, 0.25) is 0 Å². The third kappa shape index (κ3) is 6.40. The second-order valence-electron chi connectivity index (χ2n) is 6.58. The third-order valence-electron chi connectivity index (χ3n) is 4.34. The first-order chi connectivity index (χ1) is 13.2. The third-order valence-corrected chi connectivity index (χ3v) is 7.19. The molecule has 1 fully saturated rings. The van der Waals surface area contributed by atoms with Crippen molar-refractivity contribution in [3.05, 3.63) is 60.7 Å². The van der Waals surface area contributed by atoms with Crippen LogP contribution in [0, 0.1) is 0 Å². The highest BCUT2D eigenvalue weighted by molar-refractivity contribution is 8.01. The van der Waals surface area contributed by atoms with Crippen molar-refractivity contribution in [3.8, 4) is 0 Å². The van der Waals surface area contributed by atoms with Crippen molar-refractivity contribution in [1.82, 2.24) is 10.6 Å². The summed E-state index contributed by atoms with van der Waals surface area (Å²) in [7, 11) is -0.988. The maximum Gasteiger partial charge on any atom is 0.191 e. The molecule has 0 heterocycles. The monoisotopic (exact) mass is 401 g/mol. The number of rotatable bonds is 9. The second-order valence-corrected chi connectivity index (χ2v) is 9.70. The average molecular weight is 402 g/mol. The van der Waals surface area contributed by atoms with Crippen LogP contribution in [0.4, 0.5) is 0 Å². The number of thioether (sulfide) groups is 1. The topological polar surface area (TPSA) is 53.5 Å². The second kappa shape index (κ2) is 9.95. The average Bonchev–Trinajstić information content (AvgIpc) is 3.47. The van der Waals surface area contributed by atoms with E-state index in [-0.39, 0.29) is 4.75 Å². The lowest BCUT2D eigenvalue weighted by atomic mass is 10.4. The number of nitrogens with zero attached hydrogens (tertiary/aromatic N) is 1. The van der Waals surface area contributed by atoms with Gasteiger partial charge >= 0.3 is 0 Å². The van der Waals surface area contributed by atoms with Gasteiger partial charge in [-0.05, 0) is 44.0 Å². The summed E-state index contributed by atoms with van der Waals surface area (Å²) in [5, 5.41) is 6.61. The molecule has 0 amide bonds. The first-order valence-electron chi connectivity index (χ1n) is 9.40. The number of nitrogens with one attached hydrogen (secondary N) is 2. The van der Waals surface area contributed by atoms with Crippen LogP contribution < -0.4 is 10.6 Å². The van der Waals surface area contributed by atoms with Gasteiger partial charge in [0, 0.05) is 33.4 Å². The summed E-state index contributed by atoms with van der Waals surface area (Å²) < 4.78 is 12.6. The van der Waals surface area contributed by atoms with Crippen LogP contribution in [0.15, 0.2) is 75.4 Å². The standard InChI is InChI=1S/C21H27N3OS2/c1-2-22-20(23-15-16-27(25)19-11-7-4-8-12-19)24-17-21(13-14-21)26-18-9-5-3-6-10-18/h3-12H,2,13-17H2,1H3,(H2,22,23,24). The predicted molar refractivity (Wildman–Crippen MR) is 116 cm³/mol. The SMILES string of the molecule is CCNC(=NCC1(Sc2ccccc2)CC1)NCCS(=O)c1ccccc1. The Morgan fingerprint density at radius 2 is 1.74 bits per heavy atom. The van der Waals surface area contributed by atoms with E-state index in [2.05, 4.69) is 41.8 Å².